The van der Waals surface area contributed by atoms with Gasteiger partial charge in [0, 0.05) is 25.4 Å². The van der Waals surface area contributed by atoms with Crippen molar-refractivity contribution in [3.05, 3.63) is 35.0 Å². The maximum absolute atomic E-state index is 13.2. The van der Waals surface area contributed by atoms with Gasteiger partial charge in [-0.25, -0.2) is 18.4 Å². The highest BCUT2D eigenvalue weighted by Crippen LogP contribution is 2.32. The van der Waals surface area contributed by atoms with Crippen LogP contribution < -0.4 is 10.1 Å². The number of aromatic nitrogens is 3. The molecule has 1 fully saturated rings. The second-order valence-corrected chi connectivity index (χ2v) is 12.3. The molecule has 2 aromatic heterocycles. The molecule has 218 valence electrons. The van der Waals surface area contributed by atoms with Gasteiger partial charge in [-0.15, -0.1) is 0 Å². The molecule has 1 amide bonds. The van der Waals surface area contributed by atoms with Gasteiger partial charge in [0.05, 0.1) is 16.9 Å². The van der Waals surface area contributed by atoms with Crippen LogP contribution in [0.1, 0.15) is 67.1 Å². The van der Waals surface area contributed by atoms with E-state index in [-0.39, 0.29) is 28.2 Å². The second-order valence-electron chi connectivity index (χ2n) is 10.0. The van der Waals surface area contributed by atoms with Crippen LogP contribution in [0, 0.1) is 18.8 Å². The summed E-state index contributed by atoms with van der Waals surface area (Å²) in [5, 5.41) is 2.46. The average Bonchev–Trinajstić information content (AvgIpc) is 3.17. The summed E-state index contributed by atoms with van der Waals surface area (Å²) in [7, 11) is -3.10. The number of amides is 1. The molecule has 2 aromatic rings. The van der Waals surface area contributed by atoms with Crippen molar-refractivity contribution in [1.29, 1.82) is 0 Å². The molecular weight excluding hydrogens is 547 g/mol. The monoisotopic (exact) mass is 580 g/mol. The van der Waals surface area contributed by atoms with Gasteiger partial charge in [0.2, 0.25) is 0 Å². The van der Waals surface area contributed by atoms with Gasteiger partial charge in [-0.05, 0) is 56.6 Å². The van der Waals surface area contributed by atoms with Crippen molar-refractivity contribution in [1.82, 2.24) is 19.9 Å². The van der Waals surface area contributed by atoms with Gasteiger partial charge in [-0.2, -0.15) is 22.0 Å². The minimum absolute atomic E-state index is 0.0521. The van der Waals surface area contributed by atoms with Gasteiger partial charge in [0.15, 0.2) is 11.6 Å². The predicted octanol–water partition coefficient (Wildman–Crippen LogP) is 4.81. The molecule has 0 spiro atoms. The number of hydrogen-bond acceptors (Lipinski definition) is 6. The highest BCUT2D eigenvalue weighted by atomic mass is 32.2. The average molecular weight is 581 g/mol. The van der Waals surface area contributed by atoms with Gasteiger partial charge in [0.25, 0.3) is 5.91 Å². The van der Waals surface area contributed by atoms with Crippen LogP contribution in [0.4, 0.5) is 22.0 Å². The lowest BCUT2D eigenvalue weighted by Crippen LogP contribution is -2.34. The Labute approximate surface area is 224 Å². The molecule has 0 unspecified atom stereocenters. The van der Waals surface area contributed by atoms with E-state index >= 15 is 0 Å². The zero-order valence-electron chi connectivity index (χ0n) is 22.2. The molecule has 1 N–H and O–H groups in total. The van der Waals surface area contributed by atoms with Gasteiger partial charge in [-0.3, -0.25) is 9.36 Å². The lowest BCUT2D eigenvalue weighted by Gasteiger charge is -2.27. The van der Waals surface area contributed by atoms with Gasteiger partial charge >= 0.3 is 12.8 Å². The number of nitrogens with zero attached hydrogens (tertiary/aromatic N) is 3. The first kappa shape index (κ1) is 30.8. The zero-order chi connectivity index (χ0) is 29.1. The minimum Gasteiger partial charge on any atom is -0.431 e. The van der Waals surface area contributed by atoms with E-state index in [9.17, 15) is 35.2 Å². The van der Waals surface area contributed by atoms with E-state index < -0.39 is 46.6 Å². The second kappa shape index (κ2) is 12.2. The van der Waals surface area contributed by atoms with Crippen molar-refractivity contribution >= 4 is 15.7 Å². The number of carbonyl (C=O) groups excluding carboxylic acids is 1. The molecule has 1 atom stereocenters. The Bertz CT molecular complexity index is 1270. The van der Waals surface area contributed by atoms with Crippen LogP contribution >= 0.6 is 0 Å². The number of halogens is 5. The van der Waals surface area contributed by atoms with Crippen LogP contribution in [0.2, 0.25) is 0 Å². The standard InChI is InChI=1S/C25H33F5N4O4S/c1-5-20-33-21(23(35)32-12-16-6-8-18(9-7-16)39(4,36)37)15(3)34(20)22-19(38-24(26)27)11-17(13-31-22)10-14(2)25(28,29)30/h11,13-14,16,18,24H,5-10,12H2,1-4H3,(H,32,35)/t14-,16?,18?/m1/s1. The summed E-state index contributed by atoms with van der Waals surface area (Å²) < 4.78 is 95.1. The first-order valence-electron chi connectivity index (χ1n) is 12.7. The third-order valence-electron chi connectivity index (χ3n) is 7.08. The van der Waals surface area contributed by atoms with Gasteiger partial charge in [-0.1, -0.05) is 13.8 Å². The Kier molecular flexibility index (Phi) is 9.60. The zero-order valence-corrected chi connectivity index (χ0v) is 23.0. The number of sulfone groups is 1. The van der Waals surface area contributed by atoms with Crippen molar-refractivity contribution in [3.63, 3.8) is 0 Å². The molecule has 14 heteroatoms. The number of carbonyl (C=O) groups is 1. The molecule has 1 aliphatic carbocycles. The van der Waals surface area contributed by atoms with Crippen LogP contribution in [0.25, 0.3) is 5.82 Å². The fourth-order valence-corrected chi connectivity index (χ4v) is 5.92. The fourth-order valence-electron chi connectivity index (χ4n) is 4.79. The Balaban J connectivity index is 1.83. The number of pyridine rings is 1. The largest absolute Gasteiger partial charge is 0.431 e. The number of aryl methyl sites for hydroxylation is 1. The molecule has 0 radical (unpaired) electrons. The van der Waals surface area contributed by atoms with E-state index in [1.807, 2.05) is 0 Å². The molecule has 0 aliphatic heterocycles. The highest BCUT2D eigenvalue weighted by Gasteiger charge is 2.36. The van der Waals surface area contributed by atoms with Crippen molar-refractivity contribution < 1.29 is 39.9 Å². The minimum atomic E-state index is -4.46. The molecule has 0 saturated heterocycles. The Morgan fingerprint density at radius 3 is 2.41 bits per heavy atom. The van der Waals surface area contributed by atoms with E-state index in [1.54, 1.807) is 13.8 Å². The molecule has 3 rings (SSSR count). The Morgan fingerprint density at radius 2 is 1.87 bits per heavy atom. The predicted molar refractivity (Wildman–Crippen MR) is 134 cm³/mol. The molecule has 0 aromatic carbocycles. The van der Waals surface area contributed by atoms with Gasteiger partial charge < -0.3 is 10.1 Å². The molecule has 2 heterocycles. The van der Waals surface area contributed by atoms with E-state index in [0.717, 1.165) is 13.0 Å². The molecule has 1 aliphatic rings. The van der Waals surface area contributed by atoms with Crippen molar-refractivity contribution in [3.8, 4) is 11.6 Å². The molecule has 8 nitrogen and oxygen atoms in total. The van der Waals surface area contributed by atoms with Gasteiger partial charge in [0.1, 0.15) is 21.4 Å². The summed E-state index contributed by atoms with van der Waals surface area (Å²) in [4.78, 5) is 21.5. The van der Waals surface area contributed by atoms with E-state index in [1.165, 1.54) is 17.0 Å². The lowest BCUT2D eigenvalue weighted by atomic mass is 9.89. The summed E-state index contributed by atoms with van der Waals surface area (Å²) >= 11 is 0. The van der Waals surface area contributed by atoms with E-state index in [4.69, 9.17) is 0 Å². The normalized spacial score (nSPS) is 19.2. The highest BCUT2D eigenvalue weighted by molar-refractivity contribution is 7.91. The molecular formula is C25H33F5N4O4S. The summed E-state index contributed by atoms with van der Waals surface area (Å²) in [5.74, 6) is -2.31. The first-order valence-corrected chi connectivity index (χ1v) is 14.6. The number of hydrogen-bond donors (Lipinski definition) is 1. The fraction of sp³-hybridized carbons (Fsp3) is 0.640. The van der Waals surface area contributed by atoms with Crippen LogP contribution in [0.3, 0.4) is 0 Å². The van der Waals surface area contributed by atoms with E-state index in [0.29, 0.717) is 50.2 Å². The third kappa shape index (κ3) is 7.67. The van der Waals surface area contributed by atoms with Crippen molar-refractivity contribution in [2.24, 2.45) is 11.8 Å². The Morgan fingerprint density at radius 1 is 1.23 bits per heavy atom. The third-order valence-corrected chi connectivity index (χ3v) is 8.76. The smallest absolute Gasteiger partial charge is 0.391 e. The number of ether oxygens (including phenoxy) is 1. The quantitative estimate of drug-likeness (QED) is 0.405. The molecule has 39 heavy (non-hydrogen) atoms. The summed E-state index contributed by atoms with van der Waals surface area (Å²) in [6.45, 7) is 1.36. The summed E-state index contributed by atoms with van der Waals surface area (Å²) in [6, 6.07) is 1.10. The number of alkyl halides is 5. The van der Waals surface area contributed by atoms with Crippen LogP contribution in [-0.2, 0) is 22.7 Å². The Hall–Kier alpha value is -2.77. The maximum atomic E-state index is 13.2. The van der Waals surface area contributed by atoms with Crippen molar-refractivity contribution in [2.45, 2.75) is 77.3 Å². The molecule has 1 saturated carbocycles. The molecule has 0 bridgehead atoms. The maximum Gasteiger partial charge on any atom is 0.391 e. The summed E-state index contributed by atoms with van der Waals surface area (Å²) in [6.07, 6.45) is 0.133. The van der Waals surface area contributed by atoms with Crippen LogP contribution in [0.15, 0.2) is 12.3 Å². The first-order chi connectivity index (χ1) is 18.1. The SMILES string of the molecule is CCc1nc(C(=O)NCC2CCC(S(C)(=O)=O)CC2)c(C)n1-c1ncc(C[C@@H](C)C(F)(F)F)cc1OC(F)F. The topological polar surface area (TPSA) is 103 Å². The van der Waals surface area contributed by atoms with Crippen LogP contribution in [0.5, 0.6) is 5.75 Å². The summed E-state index contributed by atoms with van der Waals surface area (Å²) in [5.41, 5.74) is 0.419. The number of imidazole rings is 1. The van der Waals surface area contributed by atoms with Crippen molar-refractivity contribution in [2.75, 3.05) is 12.8 Å². The number of nitrogens with one attached hydrogen (secondary N) is 1. The van der Waals surface area contributed by atoms with E-state index in [2.05, 4.69) is 20.0 Å². The van der Waals surface area contributed by atoms with Crippen LogP contribution in [-0.4, -0.2) is 59.7 Å². The number of rotatable bonds is 10. The lowest BCUT2D eigenvalue weighted by molar-refractivity contribution is -0.169.